The number of nitrogens with zero attached hydrogens (tertiary/aromatic N) is 2. The van der Waals surface area contributed by atoms with Gasteiger partial charge in [-0.1, -0.05) is 17.3 Å². The molecular weight excluding hydrogens is 258 g/mol. The van der Waals surface area contributed by atoms with Gasteiger partial charge in [0.15, 0.2) is 5.82 Å². The standard InChI is InChI=1S/C14H17N3O3/c1-10-16-13(20-17-10)7-8-15-14(18)12-5-3-11(4-6-12)9-19-2/h3-6H,7-9H2,1-2H3,(H,15,18). The molecule has 20 heavy (non-hydrogen) atoms. The molecule has 0 aliphatic carbocycles. The Balaban J connectivity index is 1.82. The van der Waals surface area contributed by atoms with E-state index in [-0.39, 0.29) is 5.91 Å². The van der Waals surface area contributed by atoms with Gasteiger partial charge in [0.1, 0.15) is 0 Å². The van der Waals surface area contributed by atoms with Crippen LogP contribution in [-0.2, 0) is 17.8 Å². The Morgan fingerprint density at radius 2 is 2.10 bits per heavy atom. The molecule has 0 saturated carbocycles. The predicted octanol–water partition coefficient (Wildman–Crippen LogP) is 1.50. The van der Waals surface area contributed by atoms with Gasteiger partial charge in [0, 0.05) is 25.6 Å². The van der Waals surface area contributed by atoms with E-state index in [0.717, 1.165) is 5.56 Å². The number of ether oxygens (including phenoxy) is 1. The Morgan fingerprint density at radius 1 is 1.35 bits per heavy atom. The lowest BCUT2D eigenvalue weighted by Gasteiger charge is -2.05. The average molecular weight is 275 g/mol. The highest BCUT2D eigenvalue weighted by Gasteiger charge is 2.07. The van der Waals surface area contributed by atoms with E-state index >= 15 is 0 Å². The van der Waals surface area contributed by atoms with E-state index in [9.17, 15) is 4.79 Å². The molecule has 0 atom stereocenters. The van der Waals surface area contributed by atoms with Gasteiger partial charge in [-0.3, -0.25) is 4.79 Å². The predicted molar refractivity (Wildman–Crippen MR) is 72.2 cm³/mol. The van der Waals surface area contributed by atoms with E-state index < -0.39 is 0 Å². The van der Waals surface area contributed by atoms with Crippen LogP contribution in [0.2, 0.25) is 0 Å². The first-order valence-corrected chi connectivity index (χ1v) is 6.34. The van der Waals surface area contributed by atoms with Crippen LogP contribution >= 0.6 is 0 Å². The van der Waals surface area contributed by atoms with Crippen LogP contribution in [0.3, 0.4) is 0 Å². The molecule has 0 radical (unpaired) electrons. The molecule has 0 bridgehead atoms. The number of carbonyl (C=O) groups is 1. The van der Waals surface area contributed by atoms with Crippen LogP contribution in [0.5, 0.6) is 0 Å². The Kier molecular flexibility index (Phi) is 4.84. The number of hydrogen-bond acceptors (Lipinski definition) is 5. The smallest absolute Gasteiger partial charge is 0.251 e. The molecule has 6 heteroatoms. The quantitative estimate of drug-likeness (QED) is 0.864. The lowest BCUT2D eigenvalue weighted by Crippen LogP contribution is -2.25. The Hall–Kier alpha value is -2.21. The average Bonchev–Trinajstić information content (AvgIpc) is 2.85. The largest absolute Gasteiger partial charge is 0.380 e. The van der Waals surface area contributed by atoms with Crippen molar-refractivity contribution in [1.29, 1.82) is 0 Å². The van der Waals surface area contributed by atoms with Crippen molar-refractivity contribution in [2.75, 3.05) is 13.7 Å². The molecule has 2 rings (SSSR count). The Morgan fingerprint density at radius 3 is 2.70 bits per heavy atom. The molecule has 1 N–H and O–H groups in total. The fourth-order valence-corrected chi connectivity index (χ4v) is 1.75. The second-order valence-electron chi connectivity index (χ2n) is 4.37. The van der Waals surface area contributed by atoms with Gasteiger partial charge < -0.3 is 14.6 Å². The molecule has 1 heterocycles. The number of methoxy groups -OCH3 is 1. The highest BCUT2D eigenvalue weighted by atomic mass is 16.5. The molecule has 0 aliphatic heterocycles. The zero-order valence-corrected chi connectivity index (χ0v) is 11.5. The first-order chi connectivity index (χ1) is 9.69. The maximum atomic E-state index is 11.9. The summed E-state index contributed by atoms with van der Waals surface area (Å²) in [6.07, 6.45) is 0.522. The Labute approximate surface area is 117 Å². The minimum absolute atomic E-state index is 0.120. The maximum Gasteiger partial charge on any atom is 0.251 e. The van der Waals surface area contributed by atoms with Crippen LogP contribution in [0, 0.1) is 6.92 Å². The highest BCUT2D eigenvalue weighted by Crippen LogP contribution is 2.05. The van der Waals surface area contributed by atoms with Gasteiger partial charge in [-0.2, -0.15) is 4.98 Å². The second-order valence-corrected chi connectivity index (χ2v) is 4.37. The molecule has 0 saturated heterocycles. The third kappa shape index (κ3) is 3.89. The van der Waals surface area contributed by atoms with Gasteiger partial charge in [0.2, 0.25) is 5.89 Å². The number of hydrogen-bond donors (Lipinski definition) is 1. The summed E-state index contributed by atoms with van der Waals surface area (Å²) in [7, 11) is 1.64. The minimum Gasteiger partial charge on any atom is -0.380 e. The van der Waals surface area contributed by atoms with Crippen molar-refractivity contribution in [3.63, 3.8) is 0 Å². The molecule has 1 aromatic carbocycles. The monoisotopic (exact) mass is 275 g/mol. The van der Waals surface area contributed by atoms with Crippen LogP contribution in [-0.4, -0.2) is 29.7 Å². The number of nitrogens with one attached hydrogen (secondary N) is 1. The Bertz CT molecular complexity index is 563. The normalized spacial score (nSPS) is 10.5. The lowest BCUT2D eigenvalue weighted by atomic mass is 10.1. The SMILES string of the molecule is COCc1ccc(C(=O)NCCc2nc(C)no2)cc1. The highest BCUT2D eigenvalue weighted by molar-refractivity contribution is 5.94. The van der Waals surface area contributed by atoms with Crippen molar-refractivity contribution >= 4 is 5.91 Å². The van der Waals surface area contributed by atoms with Crippen molar-refractivity contribution in [2.24, 2.45) is 0 Å². The number of carbonyl (C=O) groups excluding carboxylic acids is 1. The van der Waals surface area contributed by atoms with Crippen LogP contribution in [0.25, 0.3) is 0 Å². The number of aryl methyl sites for hydroxylation is 1. The van der Waals surface area contributed by atoms with Crippen LogP contribution < -0.4 is 5.32 Å². The van der Waals surface area contributed by atoms with Crippen molar-refractivity contribution in [3.05, 3.63) is 47.1 Å². The van der Waals surface area contributed by atoms with Crippen molar-refractivity contribution < 1.29 is 14.1 Å². The van der Waals surface area contributed by atoms with Gasteiger partial charge in [-0.05, 0) is 24.6 Å². The fraction of sp³-hybridized carbons (Fsp3) is 0.357. The zero-order chi connectivity index (χ0) is 14.4. The molecular formula is C14H17N3O3. The van der Waals surface area contributed by atoms with Crippen LogP contribution in [0.4, 0.5) is 0 Å². The van der Waals surface area contributed by atoms with Crippen molar-refractivity contribution in [1.82, 2.24) is 15.5 Å². The summed E-state index contributed by atoms with van der Waals surface area (Å²) < 4.78 is 9.99. The first-order valence-electron chi connectivity index (χ1n) is 6.34. The minimum atomic E-state index is -0.120. The fourth-order valence-electron chi connectivity index (χ4n) is 1.75. The van der Waals surface area contributed by atoms with E-state index in [1.54, 1.807) is 26.2 Å². The topological polar surface area (TPSA) is 77.2 Å². The van der Waals surface area contributed by atoms with Gasteiger partial charge in [0.05, 0.1) is 6.61 Å². The third-order valence-corrected chi connectivity index (χ3v) is 2.72. The van der Waals surface area contributed by atoms with Crippen LogP contribution in [0.1, 0.15) is 27.6 Å². The molecule has 0 spiro atoms. The van der Waals surface area contributed by atoms with E-state index in [4.69, 9.17) is 9.26 Å². The van der Waals surface area contributed by atoms with E-state index in [1.165, 1.54) is 0 Å². The summed E-state index contributed by atoms with van der Waals surface area (Å²) in [6.45, 7) is 2.76. The summed E-state index contributed by atoms with van der Waals surface area (Å²) >= 11 is 0. The lowest BCUT2D eigenvalue weighted by molar-refractivity contribution is 0.0953. The molecule has 0 fully saturated rings. The first kappa shape index (κ1) is 14.2. The molecule has 6 nitrogen and oxygen atoms in total. The van der Waals surface area contributed by atoms with Crippen molar-refractivity contribution in [3.8, 4) is 0 Å². The molecule has 0 aliphatic rings. The summed E-state index contributed by atoms with van der Waals surface area (Å²) in [5, 5.41) is 6.50. The molecule has 1 aromatic heterocycles. The summed E-state index contributed by atoms with van der Waals surface area (Å²) in [5.41, 5.74) is 1.65. The molecule has 0 unspecified atom stereocenters. The second kappa shape index (κ2) is 6.81. The summed E-state index contributed by atoms with van der Waals surface area (Å²) in [6, 6.07) is 7.31. The summed E-state index contributed by atoms with van der Waals surface area (Å²) in [5.74, 6) is 1.00. The van der Waals surface area contributed by atoms with E-state index in [0.29, 0.717) is 36.9 Å². The number of rotatable bonds is 6. The van der Waals surface area contributed by atoms with Crippen molar-refractivity contribution in [2.45, 2.75) is 20.0 Å². The molecule has 1 amide bonds. The van der Waals surface area contributed by atoms with Crippen LogP contribution in [0.15, 0.2) is 28.8 Å². The molecule has 106 valence electrons. The number of aromatic nitrogens is 2. The number of benzene rings is 1. The zero-order valence-electron chi connectivity index (χ0n) is 11.5. The van der Waals surface area contributed by atoms with Gasteiger partial charge in [0.25, 0.3) is 5.91 Å². The summed E-state index contributed by atoms with van der Waals surface area (Å²) in [4.78, 5) is 16.0. The third-order valence-electron chi connectivity index (χ3n) is 2.72. The van der Waals surface area contributed by atoms with Gasteiger partial charge >= 0.3 is 0 Å². The maximum absolute atomic E-state index is 11.9. The molecule has 2 aromatic rings. The van der Waals surface area contributed by atoms with E-state index in [1.807, 2.05) is 12.1 Å². The van der Waals surface area contributed by atoms with E-state index in [2.05, 4.69) is 15.5 Å². The van der Waals surface area contributed by atoms with Gasteiger partial charge in [-0.25, -0.2) is 0 Å². The van der Waals surface area contributed by atoms with Gasteiger partial charge in [-0.15, -0.1) is 0 Å². The number of amides is 1.